The Bertz CT molecular complexity index is 899. The van der Waals surface area contributed by atoms with Crippen LogP contribution >= 0.6 is 23.2 Å². The number of nitrogens with one attached hydrogen (secondary N) is 1. The summed E-state index contributed by atoms with van der Waals surface area (Å²) in [5.41, 5.74) is 9.46. The van der Waals surface area contributed by atoms with E-state index in [1.165, 1.54) is 11.1 Å². The highest BCUT2D eigenvalue weighted by Gasteiger charge is 2.49. The maximum Gasteiger partial charge on any atom is 0.229 e. The average molecular weight is 418 g/mol. The summed E-state index contributed by atoms with van der Waals surface area (Å²) >= 11 is 12.2. The first-order valence-corrected chi connectivity index (χ1v) is 10.4. The average Bonchev–Trinajstić information content (AvgIpc) is 2.89. The van der Waals surface area contributed by atoms with Crippen LogP contribution in [-0.4, -0.2) is 29.9 Å². The van der Waals surface area contributed by atoms with Gasteiger partial charge in [0.2, 0.25) is 5.91 Å². The van der Waals surface area contributed by atoms with Gasteiger partial charge in [-0.25, -0.2) is 0 Å². The Balaban J connectivity index is 1.66. The van der Waals surface area contributed by atoms with Gasteiger partial charge in [-0.05, 0) is 56.8 Å². The van der Waals surface area contributed by atoms with Crippen LogP contribution in [-0.2, 0) is 4.79 Å². The summed E-state index contributed by atoms with van der Waals surface area (Å²) in [7, 11) is 2.14. The predicted octanol–water partition coefficient (Wildman–Crippen LogP) is 5.09. The molecule has 2 saturated heterocycles. The molecule has 1 amide bonds. The molecule has 28 heavy (non-hydrogen) atoms. The van der Waals surface area contributed by atoms with Crippen LogP contribution in [0.4, 0.5) is 11.4 Å². The van der Waals surface area contributed by atoms with Gasteiger partial charge in [0.25, 0.3) is 0 Å². The number of hydrogen-bond donors (Lipinski definition) is 2. The second-order valence-corrected chi connectivity index (χ2v) is 8.90. The van der Waals surface area contributed by atoms with Crippen molar-refractivity contribution in [2.75, 3.05) is 18.1 Å². The van der Waals surface area contributed by atoms with Gasteiger partial charge in [-0.15, -0.1) is 0 Å². The fourth-order valence-electron chi connectivity index (χ4n) is 4.87. The standard InChI is InChI=1S/C22H25Cl2N3O/c1-12-3-5-13(6-4-12)15-9-14-7-8-20(27(14)2)21(15)22(28)26-19-11-17(24)16(23)10-18(19)25/h3-6,10-11,14-15,20-21H,7-9,25H2,1-2H3,(H,26,28)/t14-,15?,20?,21?/m1/s1. The molecule has 2 heterocycles. The smallest absolute Gasteiger partial charge is 0.229 e. The predicted molar refractivity (Wildman–Crippen MR) is 116 cm³/mol. The van der Waals surface area contributed by atoms with Gasteiger partial charge < -0.3 is 11.1 Å². The number of nitrogen functional groups attached to an aromatic ring is 1. The van der Waals surface area contributed by atoms with E-state index < -0.39 is 0 Å². The Kier molecular flexibility index (Phi) is 5.30. The molecule has 2 aromatic rings. The Morgan fingerprint density at radius 3 is 2.54 bits per heavy atom. The SMILES string of the molecule is Cc1ccc(C2C[C@H]3CCC(C2C(=O)Nc2cc(Cl)c(Cl)cc2N)N3C)cc1. The highest BCUT2D eigenvalue weighted by molar-refractivity contribution is 6.42. The third-order valence-electron chi connectivity index (χ3n) is 6.43. The second-order valence-electron chi connectivity index (χ2n) is 8.09. The summed E-state index contributed by atoms with van der Waals surface area (Å²) in [5.74, 6) is 0.0477. The summed E-state index contributed by atoms with van der Waals surface area (Å²) in [5, 5.41) is 3.79. The van der Waals surface area contributed by atoms with Crippen LogP contribution < -0.4 is 11.1 Å². The van der Waals surface area contributed by atoms with Crippen molar-refractivity contribution >= 4 is 40.5 Å². The van der Waals surface area contributed by atoms with Crippen molar-refractivity contribution in [3.05, 3.63) is 57.6 Å². The molecule has 0 saturated carbocycles. The molecule has 2 aromatic carbocycles. The lowest BCUT2D eigenvalue weighted by Crippen LogP contribution is -2.50. The summed E-state index contributed by atoms with van der Waals surface area (Å²) in [6.45, 7) is 2.08. The zero-order valence-electron chi connectivity index (χ0n) is 16.1. The number of benzene rings is 2. The number of nitrogens with zero attached hydrogens (tertiary/aromatic N) is 1. The fourth-order valence-corrected chi connectivity index (χ4v) is 5.20. The molecule has 6 heteroatoms. The first-order valence-electron chi connectivity index (χ1n) is 9.69. The molecular weight excluding hydrogens is 393 g/mol. The first-order chi connectivity index (χ1) is 13.3. The zero-order chi connectivity index (χ0) is 20.0. The van der Waals surface area contributed by atoms with Crippen molar-refractivity contribution in [1.82, 2.24) is 4.90 Å². The summed E-state index contributed by atoms with van der Waals surface area (Å²) in [6, 6.07) is 12.6. The van der Waals surface area contributed by atoms with E-state index in [0.717, 1.165) is 19.3 Å². The number of hydrogen-bond acceptors (Lipinski definition) is 3. The van der Waals surface area contributed by atoms with Crippen molar-refractivity contribution in [3.8, 4) is 0 Å². The lowest BCUT2D eigenvalue weighted by atomic mass is 9.75. The minimum Gasteiger partial charge on any atom is -0.397 e. The van der Waals surface area contributed by atoms with Gasteiger partial charge in [-0.2, -0.15) is 0 Å². The minimum atomic E-state index is -0.139. The van der Waals surface area contributed by atoms with Gasteiger partial charge in [-0.3, -0.25) is 9.69 Å². The Labute approximate surface area is 176 Å². The maximum absolute atomic E-state index is 13.4. The number of nitrogens with two attached hydrogens (primary N) is 1. The van der Waals surface area contributed by atoms with E-state index in [2.05, 4.69) is 48.5 Å². The molecule has 2 aliphatic heterocycles. The molecule has 3 unspecified atom stereocenters. The van der Waals surface area contributed by atoms with Crippen LogP contribution in [0.25, 0.3) is 0 Å². The largest absolute Gasteiger partial charge is 0.397 e. The van der Waals surface area contributed by atoms with Gasteiger partial charge in [0.15, 0.2) is 0 Å². The van der Waals surface area contributed by atoms with E-state index >= 15 is 0 Å². The Hall–Kier alpha value is -1.75. The zero-order valence-corrected chi connectivity index (χ0v) is 17.6. The van der Waals surface area contributed by atoms with E-state index in [4.69, 9.17) is 28.9 Å². The highest BCUT2D eigenvalue weighted by atomic mass is 35.5. The monoisotopic (exact) mass is 417 g/mol. The summed E-state index contributed by atoms with van der Waals surface area (Å²) in [4.78, 5) is 15.8. The van der Waals surface area contributed by atoms with Crippen LogP contribution in [0.15, 0.2) is 36.4 Å². The normalized spacial score (nSPS) is 27.0. The number of carbonyl (C=O) groups excluding carboxylic acids is 1. The number of anilines is 2. The van der Waals surface area contributed by atoms with Crippen LogP contribution in [0.5, 0.6) is 0 Å². The molecular formula is C22H25Cl2N3O. The quantitative estimate of drug-likeness (QED) is 0.683. The molecule has 4 rings (SSSR count). The number of aryl methyl sites for hydroxylation is 1. The maximum atomic E-state index is 13.4. The third kappa shape index (κ3) is 3.49. The molecule has 2 bridgehead atoms. The molecule has 2 aliphatic rings. The van der Waals surface area contributed by atoms with Crippen molar-refractivity contribution in [2.24, 2.45) is 5.92 Å². The number of rotatable bonds is 3. The molecule has 4 nitrogen and oxygen atoms in total. The highest BCUT2D eigenvalue weighted by Crippen LogP contribution is 2.47. The van der Waals surface area contributed by atoms with Crippen molar-refractivity contribution in [1.29, 1.82) is 0 Å². The van der Waals surface area contributed by atoms with E-state index in [9.17, 15) is 4.79 Å². The topological polar surface area (TPSA) is 58.4 Å². The van der Waals surface area contributed by atoms with Crippen LogP contribution in [0, 0.1) is 12.8 Å². The van der Waals surface area contributed by atoms with Gasteiger partial charge in [0.05, 0.1) is 27.3 Å². The van der Waals surface area contributed by atoms with E-state index in [-0.39, 0.29) is 23.8 Å². The summed E-state index contributed by atoms with van der Waals surface area (Å²) < 4.78 is 0. The van der Waals surface area contributed by atoms with Gasteiger partial charge in [0, 0.05) is 12.1 Å². The first kappa shape index (κ1) is 19.6. The second kappa shape index (κ2) is 7.58. The molecule has 3 N–H and O–H groups in total. The minimum absolute atomic E-state index is 0.00661. The van der Waals surface area contributed by atoms with Crippen LogP contribution in [0.3, 0.4) is 0 Å². The fraction of sp³-hybridized carbons (Fsp3) is 0.409. The molecule has 0 spiro atoms. The number of amides is 1. The number of carbonyl (C=O) groups is 1. The Morgan fingerprint density at radius 1 is 1.14 bits per heavy atom. The summed E-state index contributed by atoms with van der Waals surface area (Å²) in [6.07, 6.45) is 3.17. The molecule has 0 aliphatic carbocycles. The molecule has 148 valence electrons. The molecule has 0 aromatic heterocycles. The lowest BCUT2D eigenvalue weighted by Gasteiger charge is -2.42. The van der Waals surface area contributed by atoms with E-state index in [0.29, 0.717) is 27.5 Å². The molecule has 4 atom stereocenters. The number of fused-ring (bicyclic) bond motifs is 2. The number of piperidine rings is 1. The third-order valence-corrected chi connectivity index (χ3v) is 7.15. The van der Waals surface area contributed by atoms with Crippen LogP contribution in [0.1, 0.15) is 36.3 Å². The number of halogens is 2. The lowest BCUT2D eigenvalue weighted by molar-refractivity contribution is -0.124. The van der Waals surface area contributed by atoms with Crippen molar-refractivity contribution in [3.63, 3.8) is 0 Å². The van der Waals surface area contributed by atoms with Gasteiger partial charge >= 0.3 is 0 Å². The Morgan fingerprint density at radius 2 is 1.82 bits per heavy atom. The molecule has 0 radical (unpaired) electrons. The van der Waals surface area contributed by atoms with E-state index in [1.807, 2.05) is 0 Å². The van der Waals surface area contributed by atoms with Crippen molar-refractivity contribution < 1.29 is 4.79 Å². The van der Waals surface area contributed by atoms with Gasteiger partial charge in [0.1, 0.15) is 0 Å². The van der Waals surface area contributed by atoms with E-state index in [1.54, 1.807) is 12.1 Å². The van der Waals surface area contributed by atoms with Crippen molar-refractivity contribution in [2.45, 2.75) is 44.2 Å². The molecule has 2 fully saturated rings. The van der Waals surface area contributed by atoms with Gasteiger partial charge in [-0.1, -0.05) is 53.0 Å². The van der Waals surface area contributed by atoms with Crippen LogP contribution in [0.2, 0.25) is 10.0 Å².